The standard InChI is InChI=1S/C14H14N2O/c1-10-7-13(17-15-10)9-16-11(2)8-12-5-3-4-6-14(12)16/h3-8H,9H2,1-2H3. The Labute approximate surface area is 99.6 Å². The van der Waals surface area contributed by atoms with Crippen molar-refractivity contribution in [3.63, 3.8) is 0 Å². The predicted octanol–water partition coefficient (Wildman–Crippen LogP) is 3.29. The van der Waals surface area contributed by atoms with Gasteiger partial charge < -0.3 is 9.09 Å². The van der Waals surface area contributed by atoms with Gasteiger partial charge in [-0.05, 0) is 31.4 Å². The third kappa shape index (κ3) is 1.73. The zero-order valence-corrected chi connectivity index (χ0v) is 9.97. The van der Waals surface area contributed by atoms with Gasteiger partial charge >= 0.3 is 0 Å². The molecule has 0 aliphatic rings. The van der Waals surface area contributed by atoms with E-state index in [1.165, 1.54) is 16.6 Å². The van der Waals surface area contributed by atoms with E-state index < -0.39 is 0 Å². The fourth-order valence-corrected chi connectivity index (χ4v) is 2.20. The lowest BCUT2D eigenvalue weighted by Crippen LogP contribution is -2.00. The van der Waals surface area contributed by atoms with E-state index in [4.69, 9.17) is 4.52 Å². The molecule has 3 heteroatoms. The number of para-hydroxylation sites is 1. The Balaban J connectivity index is 2.08. The Hall–Kier alpha value is -2.03. The monoisotopic (exact) mass is 226 g/mol. The molecule has 0 aliphatic heterocycles. The van der Waals surface area contributed by atoms with Gasteiger partial charge in [-0.3, -0.25) is 0 Å². The average Bonchev–Trinajstić information content (AvgIpc) is 2.85. The number of aromatic nitrogens is 2. The van der Waals surface area contributed by atoms with Gasteiger partial charge in [-0.2, -0.15) is 0 Å². The summed E-state index contributed by atoms with van der Waals surface area (Å²) in [6, 6.07) is 12.6. The lowest BCUT2D eigenvalue weighted by Gasteiger charge is -2.04. The fourth-order valence-electron chi connectivity index (χ4n) is 2.20. The summed E-state index contributed by atoms with van der Waals surface area (Å²) < 4.78 is 7.52. The Kier molecular flexibility index (Phi) is 2.25. The summed E-state index contributed by atoms with van der Waals surface area (Å²) in [6.07, 6.45) is 0. The van der Waals surface area contributed by atoms with Crippen molar-refractivity contribution in [2.24, 2.45) is 0 Å². The topological polar surface area (TPSA) is 31.0 Å². The second-order valence-electron chi connectivity index (χ2n) is 4.37. The van der Waals surface area contributed by atoms with Gasteiger partial charge in [0.25, 0.3) is 0 Å². The summed E-state index contributed by atoms with van der Waals surface area (Å²) in [7, 11) is 0. The highest BCUT2D eigenvalue weighted by atomic mass is 16.5. The Morgan fingerprint density at radius 3 is 2.76 bits per heavy atom. The largest absolute Gasteiger partial charge is 0.359 e. The van der Waals surface area contributed by atoms with E-state index in [0.29, 0.717) is 0 Å². The van der Waals surface area contributed by atoms with Gasteiger partial charge in [0.15, 0.2) is 5.76 Å². The quantitative estimate of drug-likeness (QED) is 0.671. The molecular weight excluding hydrogens is 212 g/mol. The van der Waals surface area contributed by atoms with E-state index in [9.17, 15) is 0 Å². The summed E-state index contributed by atoms with van der Waals surface area (Å²) in [5.41, 5.74) is 3.40. The van der Waals surface area contributed by atoms with Gasteiger partial charge in [0.1, 0.15) is 0 Å². The second-order valence-corrected chi connectivity index (χ2v) is 4.37. The molecule has 0 amide bonds. The van der Waals surface area contributed by atoms with Gasteiger partial charge in [0, 0.05) is 17.3 Å². The fraction of sp³-hybridized carbons (Fsp3) is 0.214. The Morgan fingerprint density at radius 2 is 2.00 bits per heavy atom. The molecular formula is C14H14N2O. The lowest BCUT2D eigenvalue weighted by molar-refractivity contribution is 0.373. The molecule has 0 atom stereocenters. The minimum absolute atomic E-state index is 0.736. The van der Waals surface area contributed by atoms with Crippen LogP contribution >= 0.6 is 0 Å². The van der Waals surface area contributed by atoms with Crippen LogP contribution < -0.4 is 0 Å². The van der Waals surface area contributed by atoms with E-state index in [1.54, 1.807) is 0 Å². The van der Waals surface area contributed by atoms with Crippen molar-refractivity contribution in [2.45, 2.75) is 20.4 Å². The molecule has 0 unspecified atom stereocenters. The zero-order valence-electron chi connectivity index (χ0n) is 9.97. The number of hydrogen-bond acceptors (Lipinski definition) is 2. The summed E-state index contributed by atoms with van der Waals surface area (Å²) in [5.74, 6) is 0.895. The molecule has 3 aromatic rings. The van der Waals surface area contributed by atoms with Gasteiger partial charge in [-0.15, -0.1) is 0 Å². The van der Waals surface area contributed by atoms with E-state index in [0.717, 1.165) is 18.0 Å². The average molecular weight is 226 g/mol. The number of benzene rings is 1. The lowest BCUT2D eigenvalue weighted by atomic mass is 10.2. The van der Waals surface area contributed by atoms with Crippen molar-refractivity contribution in [3.8, 4) is 0 Å². The van der Waals surface area contributed by atoms with E-state index in [2.05, 4.69) is 47.0 Å². The van der Waals surface area contributed by atoms with Crippen LogP contribution in [-0.2, 0) is 6.54 Å². The first kappa shape index (κ1) is 10.1. The molecule has 3 rings (SSSR count). The third-order valence-corrected chi connectivity index (χ3v) is 3.01. The van der Waals surface area contributed by atoms with Gasteiger partial charge in [0.05, 0.1) is 12.2 Å². The summed E-state index contributed by atoms with van der Waals surface area (Å²) in [4.78, 5) is 0. The molecule has 0 radical (unpaired) electrons. The van der Waals surface area contributed by atoms with Crippen LogP contribution in [0.25, 0.3) is 10.9 Å². The molecule has 2 heterocycles. The molecule has 0 bridgehead atoms. The summed E-state index contributed by atoms with van der Waals surface area (Å²) in [5, 5.41) is 5.18. The van der Waals surface area contributed by atoms with Gasteiger partial charge in [-0.1, -0.05) is 23.4 Å². The highest BCUT2D eigenvalue weighted by Gasteiger charge is 2.08. The zero-order chi connectivity index (χ0) is 11.8. The maximum Gasteiger partial charge on any atom is 0.156 e. The van der Waals surface area contributed by atoms with Crippen LogP contribution in [0.15, 0.2) is 40.9 Å². The Bertz CT molecular complexity index is 664. The van der Waals surface area contributed by atoms with Crippen molar-refractivity contribution in [2.75, 3.05) is 0 Å². The van der Waals surface area contributed by atoms with Crippen LogP contribution in [0.5, 0.6) is 0 Å². The van der Waals surface area contributed by atoms with E-state index >= 15 is 0 Å². The molecule has 0 fully saturated rings. The molecule has 0 N–H and O–H groups in total. The van der Waals surface area contributed by atoms with Crippen molar-refractivity contribution >= 4 is 10.9 Å². The number of nitrogens with zero attached hydrogens (tertiary/aromatic N) is 2. The van der Waals surface area contributed by atoms with Crippen LogP contribution in [0.2, 0.25) is 0 Å². The maximum absolute atomic E-state index is 5.27. The number of hydrogen-bond donors (Lipinski definition) is 0. The van der Waals surface area contributed by atoms with Crippen LogP contribution in [-0.4, -0.2) is 9.72 Å². The minimum atomic E-state index is 0.736. The first-order chi connectivity index (χ1) is 8.24. The normalized spacial score (nSPS) is 11.2. The third-order valence-electron chi connectivity index (χ3n) is 3.01. The van der Waals surface area contributed by atoms with Gasteiger partial charge in [0.2, 0.25) is 0 Å². The maximum atomic E-state index is 5.27. The van der Waals surface area contributed by atoms with Crippen molar-refractivity contribution in [3.05, 3.63) is 53.5 Å². The van der Waals surface area contributed by atoms with E-state index in [1.807, 2.05) is 13.0 Å². The second kappa shape index (κ2) is 3.77. The molecule has 0 saturated carbocycles. The van der Waals surface area contributed by atoms with Crippen LogP contribution in [0.4, 0.5) is 0 Å². The number of aryl methyl sites for hydroxylation is 2. The van der Waals surface area contributed by atoms with Gasteiger partial charge in [-0.25, -0.2) is 0 Å². The van der Waals surface area contributed by atoms with Crippen molar-refractivity contribution in [1.82, 2.24) is 9.72 Å². The molecule has 0 aliphatic carbocycles. The van der Waals surface area contributed by atoms with E-state index in [-0.39, 0.29) is 0 Å². The van der Waals surface area contributed by atoms with Crippen LogP contribution in [0.3, 0.4) is 0 Å². The Morgan fingerprint density at radius 1 is 1.18 bits per heavy atom. The molecule has 0 spiro atoms. The number of rotatable bonds is 2. The summed E-state index contributed by atoms with van der Waals surface area (Å²) in [6.45, 7) is 4.79. The molecule has 86 valence electrons. The van der Waals surface area contributed by atoms with Crippen LogP contribution in [0, 0.1) is 13.8 Å². The SMILES string of the molecule is Cc1cc(Cn2c(C)cc3ccccc32)on1. The molecule has 1 aromatic carbocycles. The molecule has 3 nitrogen and oxygen atoms in total. The minimum Gasteiger partial charge on any atom is -0.359 e. The molecule has 17 heavy (non-hydrogen) atoms. The molecule has 0 saturated heterocycles. The summed E-state index contributed by atoms with van der Waals surface area (Å²) >= 11 is 0. The number of fused-ring (bicyclic) bond motifs is 1. The van der Waals surface area contributed by atoms with Crippen molar-refractivity contribution < 1.29 is 4.52 Å². The smallest absolute Gasteiger partial charge is 0.156 e. The first-order valence-corrected chi connectivity index (χ1v) is 5.71. The predicted molar refractivity (Wildman–Crippen MR) is 67.0 cm³/mol. The first-order valence-electron chi connectivity index (χ1n) is 5.71. The van der Waals surface area contributed by atoms with Crippen LogP contribution in [0.1, 0.15) is 17.1 Å². The molecule has 2 aromatic heterocycles. The van der Waals surface area contributed by atoms with Crippen molar-refractivity contribution in [1.29, 1.82) is 0 Å². The highest BCUT2D eigenvalue weighted by molar-refractivity contribution is 5.81. The highest BCUT2D eigenvalue weighted by Crippen LogP contribution is 2.20.